The fraction of sp³-hybridized carbons (Fsp3) is 0.667. The Labute approximate surface area is 117 Å². The molecule has 0 aliphatic carbocycles. The third-order valence-electron chi connectivity index (χ3n) is 3.64. The highest BCUT2D eigenvalue weighted by Crippen LogP contribution is 2.29. The largest absolute Gasteiger partial charge is 0.367 e. The lowest BCUT2D eigenvalue weighted by atomic mass is 9.97. The predicted octanol–water partition coefficient (Wildman–Crippen LogP) is 1.18. The Bertz CT molecular complexity index is 473. The molecule has 1 aromatic heterocycles. The van der Waals surface area contributed by atoms with E-state index < -0.39 is 4.92 Å². The molecule has 0 radical (unpaired) electrons. The molecule has 1 aliphatic rings. The summed E-state index contributed by atoms with van der Waals surface area (Å²) in [5.74, 6) is 1.04. The van der Waals surface area contributed by atoms with Crippen molar-refractivity contribution in [1.82, 2.24) is 14.9 Å². The summed E-state index contributed by atoms with van der Waals surface area (Å²) in [6, 6.07) is 0. The molecule has 110 valence electrons. The average molecular weight is 280 g/mol. The molecular weight excluding hydrogens is 260 g/mol. The second kappa shape index (κ2) is 6.47. The highest BCUT2D eigenvalue weighted by atomic mass is 16.6. The van der Waals surface area contributed by atoms with Crippen LogP contribution in [0.15, 0.2) is 6.33 Å². The Hall–Kier alpha value is -1.96. The fourth-order valence-electron chi connectivity index (χ4n) is 2.37. The average Bonchev–Trinajstić information content (AvgIpc) is 2.46. The van der Waals surface area contributed by atoms with Crippen LogP contribution in [0.4, 0.5) is 17.3 Å². The van der Waals surface area contributed by atoms with Gasteiger partial charge in [0.05, 0.1) is 4.92 Å². The number of piperidine rings is 1. The van der Waals surface area contributed by atoms with E-state index >= 15 is 0 Å². The van der Waals surface area contributed by atoms with Crippen molar-refractivity contribution < 1.29 is 4.92 Å². The van der Waals surface area contributed by atoms with Gasteiger partial charge in [0.2, 0.25) is 11.6 Å². The zero-order chi connectivity index (χ0) is 14.5. The summed E-state index contributed by atoms with van der Waals surface area (Å²) in [5.41, 5.74) is -0.0945. The second-order valence-electron chi connectivity index (χ2n) is 5.05. The molecule has 0 bridgehead atoms. The van der Waals surface area contributed by atoms with Crippen molar-refractivity contribution >= 4 is 17.3 Å². The van der Waals surface area contributed by atoms with Crippen LogP contribution in [0, 0.1) is 16.0 Å². The number of aromatic nitrogens is 2. The lowest BCUT2D eigenvalue weighted by molar-refractivity contribution is -0.383. The van der Waals surface area contributed by atoms with Crippen LogP contribution in [0.1, 0.15) is 12.8 Å². The van der Waals surface area contributed by atoms with Crippen molar-refractivity contribution in [2.24, 2.45) is 5.92 Å². The number of anilines is 2. The van der Waals surface area contributed by atoms with Crippen LogP contribution in [0.2, 0.25) is 0 Å². The van der Waals surface area contributed by atoms with E-state index in [2.05, 4.69) is 32.5 Å². The van der Waals surface area contributed by atoms with Crippen molar-refractivity contribution in [2.45, 2.75) is 12.8 Å². The van der Waals surface area contributed by atoms with E-state index in [9.17, 15) is 10.1 Å². The predicted molar refractivity (Wildman–Crippen MR) is 76.9 cm³/mol. The first-order valence-electron chi connectivity index (χ1n) is 6.71. The maximum atomic E-state index is 11.1. The molecule has 0 spiro atoms. The monoisotopic (exact) mass is 280 g/mol. The minimum absolute atomic E-state index is 0.0945. The van der Waals surface area contributed by atoms with E-state index in [4.69, 9.17) is 0 Å². The first-order chi connectivity index (χ1) is 9.61. The molecule has 8 nitrogen and oxygen atoms in total. The van der Waals surface area contributed by atoms with Crippen LogP contribution in [0.5, 0.6) is 0 Å². The molecule has 2 N–H and O–H groups in total. The van der Waals surface area contributed by atoms with Gasteiger partial charge in [-0.05, 0) is 38.9 Å². The number of nitrogens with zero attached hydrogens (tertiary/aromatic N) is 4. The zero-order valence-corrected chi connectivity index (χ0v) is 11.8. The fourth-order valence-corrected chi connectivity index (χ4v) is 2.37. The molecule has 1 fully saturated rings. The Balaban J connectivity index is 2.04. The van der Waals surface area contributed by atoms with Gasteiger partial charge in [-0.15, -0.1) is 0 Å². The molecule has 0 aromatic carbocycles. The van der Waals surface area contributed by atoms with Gasteiger partial charge in [0.25, 0.3) is 0 Å². The lowest BCUT2D eigenvalue weighted by Crippen LogP contribution is -2.33. The third-order valence-corrected chi connectivity index (χ3v) is 3.64. The van der Waals surface area contributed by atoms with E-state index in [0.717, 1.165) is 25.9 Å². The molecule has 2 heterocycles. The minimum Gasteiger partial charge on any atom is -0.367 e. The van der Waals surface area contributed by atoms with Crippen molar-refractivity contribution in [3.63, 3.8) is 0 Å². The van der Waals surface area contributed by atoms with Crippen LogP contribution in [-0.4, -0.2) is 53.5 Å². The van der Waals surface area contributed by atoms with E-state index in [1.807, 2.05) is 0 Å². The molecule has 0 saturated carbocycles. The van der Waals surface area contributed by atoms with Crippen molar-refractivity contribution in [2.75, 3.05) is 44.4 Å². The minimum atomic E-state index is -0.456. The summed E-state index contributed by atoms with van der Waals surface area (Å²) in [6.45, 7) is 2.84. The molecule has 1 saturated heterocycles. The zero-order valence-electron chi connectivity index (χ0n) is 11.8. The Morgan fingerprint density at radius 2 is 2.05 bits per heavy atom. The lowest BCUT2D eigenvalue weighted by Gasteiger charge is -2.29. The molecule has 0 atom stereocenters. The molecule has 0 unspecified atom stereocenters. The van der Waals surface area contributed by atoms with Crippen molar-refractivity contribution in [3.8, 4) is 0 Å². The maximum Gasteiger partial charge on any atom is 0.353 e. The number of nitrogens with one attached hydrogen (secondary N) is 2. The van der Waals surface area contributed by atoms with Crippen LogP contribution in [0.3, 0.4) is 0 Å². The van der Waals surface area contributed by atoms with E-state index in [-0.39, 0.29) is 17.3 Å². The van der Waals surface area contributed by atoms with Crippen LogP contribution < -0.4 is 10.6 Å². The summed E-state index contributed by atoms with van der Waals surface area (Å²) in [6.07, 6.45) is 3.53. The third kappa shape index (κ3) is 3.32. The molecule has 0 amide bonds. The first-order valence-corrected chi connectivity index (χ1v) is 6.71. The van der Waals surface area contributed by atoms with Crippen LogP contribution in [-0.2, 0) is 0 Å². The van der Waals surface area contributed by atoms with E-state index in [1.54, 1.807) is 7.05 Å². The standard InChI is InChI=1S/C12H20N6O2/c1-13-11-10(18(19)20)12(16-8-15-11)14-7-9-3-5-17(2)6-4-9/h8-9H,3-7H2,1-2H3,(H2,13,14,15,16). The van der Waals surface area contributed by atoms with Gasteiger partial charge < -0.3 is 15.5 Å². The summed E-state index contributed by atoms with van der Waals surface area (Å²) < 4.78 is 0. The normalized spacial score (nSPS) is 16.9. The van der Waals surface area contributed by atoms with Gasteiger partial charge in [0.15, 0.2) is 0 Å². The van der Waals surface area contributed by atoms with E-state index in [1.165, 1.54) is 6.33 Å². The van der Waals surface area contributed by atoms with Crippen molar-refractivity contribution in [1.29, 1.82) is 0 Å². The summed E-state index contributed by atoms with van der Waals surface area (Å²) in [4.78, 5) is 20.8. The number of likely N-dealkylation sites (tertiary alicyclic amines) is 1. The van der Waals surface area contributed by atoms with Crippen LogP contribution >= 0.6 is 0 Å². The summed E-state index contributed by atoms with van der Waals surface area (Å²) in [5, 5.41) is 17.0. The van der Waals surface area contributed by atoms with Gasteiger partial charge in [-0.2, -0.15) is 0 Å². The van der Waals surface area contributed by atoms with Crippen LogP contribution in [0.25, 0.3) is 0 Å². The Morgan fingerprint density at radius 1 is 1.40 bits per heavy atom. The molecule has 20 heavy (non-hydrogen) atoms. The molecular formula is C12H20N6O2. The quantitative estimate of drug-likeness (QED) is 0.617. The smallest absolute Gasteiger partial charge is 0.353 e. The number of hydrogen-bond acceptors (Lipinski definition) is 7. The van der Waals surface area contributed by atoms with Gasteiger partial charge in [-0.1, -0.05) is 0 Å². The molecule has 1 aliphatic heterocycles. The summed E-state index contributed by atoms with van der Waals surface area (Å²) >= 11 is 0. The summed E-state index contributed by atoms with van der Waals surface area (Å²) in [7, 11) is 3.72. The SMILES string of the molecule is CNc1ncnc(NCC2CCN(C)CC2)c1[N+](=O)[O-]. The number of nitro groups is 1. The topological polar surface area (TPSA) is 96.2 Å². The van der Waals surface area contributed by atoms with Gasteiger partial charge in [-0.25, -0.2) is 9.97 Å². The molecule has 1 aromatic rings. The highest BCUT2D eigenvalue weighted by molar-refractivity contribution is 5.68. The highest BCUT2D eigenvalue weighted by Gasteiger charge is 2.23. The first kappa shape index (κ1) is 14.4. The molecule has 8 heteroatoms. The second-order valence-corrected chi connectivity index (χ2v) is 5.05. The Morgan fingerprint density at radius 3 is 2.65 bits per heavy atom. The van der Waals surface area contributed by atoms with Gasteiger partial charge in [0.1, 0.15) is 6.33 Å². The maximum absolute atomic E-state index is 11.1. The number of hydrogen-bond donors (Lipinski definition) is 2. The Kier molecular flexibility index (Phi) is 4.67. The van der Waals surface area contributed by atoms with E-state index in [0.29, 0.717) is 12.5 Å². The van der Waals surface area contributed by atoms with Crippen molar-refractivity contribution in [3.05, 3.63) is 16.4 Å². The van der Waals surface area contributed by atoms with Gasteiger partial charge in [0, 0.05) is 13.6 Å². The molecule has 2 rings (SSSR count). The van der Waals surface area contributed by atoms with Gasteiger partial charge in [-0.3, -0.25) is 10.1 Å². The van der Waals surface area contributed by atoms with Gasteiger partial charge >= 0.3 is 5.69 Å². The number of rotatable bonds is 5.